The summed E-state index contributed by atoms with van der Waals surface area (Å²) in [6.07, 6.45) is -3.81. The highest BCUT2D eigenvalue weighted by atomic mass is 19.4. The molecule has 1 unspecified atom stereocenters. The molecule has 1 heterocycles. The van der Waals surface area contributed by atoms with Crippen LogP contribution in [0.2, 0.25) is 0 Å². The van der Waals surface area contributed by atoms with Crippen LogP contribution in [0.15, 0.2) is 24.3 Å². The topological polar surface area (TPSA) is 58.6 Å². The molecule has 132 valence electrons. The van der Waals surface area contributed by atoms with Gasteiger partial charge >= 0.3 is 12.1 Å². The van der Waals surface area contributed by atoms with E-state index in [1.54, 1.807) is 13.2 Å². The van der Waals surface area contributed by atoms with E-state index in [9.17, 15) is 22.8 Å². The maximum absolute atomic E-state index is 12.5. The Hall–Kier alpha value is -2.25. The van der Waals surface area contributed by atoms with Gasteiger partial charge in [0.05, 0.1) is 7.11 Å². The van der Waals surface area contributed by atoms with Crippen molar-refractivity contribution in [2.45, 2.75) is 31.5 Å². The molecule has 2 amide bonds. The quantitative estimate of drug-likeness (QED) is 0.888. The molecular weight excluding hydrogens is 325 g/mol. The molecule has 0 bridgehead atoms. The van der Waals surface area contributed by atoms with Crippen molar-refractivity contribution in [3.8, 4) is 5.75 Å². The Bertz CT molecular complexity index is 604. The predicted octanol–water partition coefficient (Wildman–Crippen LogP) is 1.91. The third-order valence-corrected chi connectivity index (χ3v) is 3.91. The number of amides is 2. The summed E-state index contributed by atoms with van der Waals surface area (Å²) in [5.74, 6) is -1.81. The van der Waals surface area contributed by atoms with Gasteiger partial charge in [-0.1, -0.05) is 12.1 Å². The van der Waals surface area contributed by atoms with Crippen LogP contribution in [0, 0.1) is 0 Å². The van der Waals surface area contributed by atoms with E-state index >= 15 is 0 Å². The molecule has 0 aromatic heterocycles. The number of carbonyl (C=O) groups is 2. The molecule has 1 aliphatic heterocycles. The number of methoxy groups -OCH3 is 1. The molecule has 1 aliphatic rings. The van der Waals surface area contributed by atoms with Crippen LogP contribution in [0.1, 0.15) is 18.4 Å². The molecule has 1 fully saturated rings. The lowest BCUT2D eigenvalue weighted by Crippen LogP contribution is -2.50. The van der Waals surface area contributed by atoms with Crippen LogP contribution in [0.5, 0.6) is 5.75 Å². The Labute approximate surface area is 137 Å². The number of halogens is 3. The summed E-state index contributed by atoms with van der Waals surface area (Å²) in [4.78, 5) is 24.1. The highest BCUT2D eigenvalue weighted by Gasteiger charge is 2.47. The molecule has 5 nitrogen and oxygen atoms in total. The lowest BCUT2D eigenvalue weighted by Gasteiger charge is -2.24. The Balaban J connectivity index is 1.88. The normalized spacial score (nSPS) is 17.7. The number of hydrogen-bond acceptors (Lipinski definition) is 3. The highest BCUT2D eigenvalue weighted by molar-refractivity contribution is 5.90. The third kappa shape index (κ3) is 4.39. The molecule has 2 rings (SSSR count). The average molecular weight is 344 g/mol. The lowest BCUT2D eigenvalue weighted by atomic mass is 10.1. The molecule has 1 saturated heterocycles. The summed E-state index contributed by atoms with van der Waals surface area (Å²) in [7, 11) is 1.55. The van der Waals surface area contributed by atoms with Crippen molar-refractivity contribution in [2.24, 2.45) is 0 Å². The number of rotatable bonds is 5. The van der Waals surface area contributed by atoms with Crippen molar-refractivity contribution >= 4 is 11.8 Å². The van der Waals surface area contributed by atoms with Crippen molar-refractivity contribution in [3.05, 3.63) is 29.8 Å². The molecule has 8 heteroatoms. The zero-order valence-corrected chi connectivity index (χ0v) is 13.2. The second-order valence-electron chi connectivity index (χ2n) is 5.55. The fourth-order valence-electron chi connectivity index (χ4n) is 2.72. The van der Waals surface area contributed by atoms with Gasteiger partial charge in [0.2, 0.25) is 5.91 Å². The van der Waals surface area contributed by atoms with Crippen LogP contribution in [-0.4, -0.2) is 49.1 Å². The third-order valence-electron chi connectivity index (χ3n) is 3.91. The van der Waals surface area contributed by atoms with Gasteiger partial charge < -0.3 is 15.0 Å². The van der Waals surface area contributed by atoms with Crippen molar-refractivity contribution in [1.29, 1.82) is 0 Å². The maximum Gasteiger partial charge on any atom is 0.471 e. The summed E-state index contributed by atoms with van der Waals surface area (Å²) in [6, 6.07) is 6.24. The minimum absolute atomic E-state index is 0.0493. The van der Waals surface area contributed by atoms with Crippen LogP contribution in [-0.2, 0) is 16.0 Å². The Morgan fingerprint density at radius 2 is 2.12 bits per heavy atom. The molecule has 1 aromatic rings. The van der Waals surface area contributed by atoms with E-state index in [1.165, 1.54) is 0 Å². The number of hydrogen-bond donors (Lipinski definition) is 1. The monoisotopic (exact) mass is 344 g/mol. The molecule has 1 atom stereocenters. The Morgan fingerprint density at radius 3 is 2.79 bits per heavy atom. The molecule has 0 radical (unpaired) electrons. The van der Waals surface area contributed by atoms with E-state index in [0.717, 1.165) is 5.56 Å². The van der Waals surface area contributed by atoms with E-state index < -0.39 is 24.0 Å². The number of nitrogens with zero attached hydrogens (tertiary/aromatic N) is 1. The first-order chi connectivity index (χ1) is 11.3. The molecule has 0 spiro atoms. The number of likely N-dealkylation sites (tertiary alicyclic amines) is 1. The first-order valence-electron chi connectivity index (χ1n) is 7.61. The van der Waals surface area contributed by atoms with Gasteiger partial charge in [-0.2, -0.15) is 13.2 Å². The summed E-state index contributed by atoms with van der Waals surface area (Å²) < 4.78 is 42.7. The lowest BCUT2D eigenvalue weighted by molar-refractivity contribution is -0.186. The van der Waals surface area contributed by atoms with Crippen molar-refractivity contribution in [1.82, 2.24) is 10.2 Å². The SMILES string of the molecule is COc1cccc(CCNC(=O)C2CCCN2C(=O)C(F)(F)F)c1. The molecular formula is C16H19F3N2O3. The zero-order valence-electron chi connectivity index (χ0n) is 13.2. The summed E-state index contributed by atoms with van der Waals surface area (Å²) >= 11 is 0. The number of ether oxygens (including phenoxy) is 1. The van der Waals surface area contributed by atoms with Crippen molar-refractivity contribution in [3.63, 3.8) is 0 Å². The molecule has 1 aromatic carbocycles. The van der Waals surface area contributed by atoms with Crippen LogP contribution < -0.4 is 10.1 Å². The number of alkyl halides is 3. The maximum atomic E-state index is 12.5. The van der Waals surface area contributed by atoms with Gasteiger partial charge in [-0.15, -0.1) is 0 Å². The zero-order chi connectivity index (χ0) is 17.7. The van der Waals surface area contributed by atoms with Crippen LogP contribution in [0.25, 0.3) is 0 Å². The fraction of sp³-hybridized carbons (Fsp3) is 0.500. The van der Waals surface area contributed by atoms with Gasteiger partial charge in [-0.25, -0.2) is 0 Å². The number of benzene rings is 1. The summed E-state index contributed by atoms with van der Waals surface area (Å²) in [5.41, 5.74) is 0.935. The molecule has 0 aliphatic carbocycles. The summed E-state index contributed by atoms with van der Waals surface area (Å²) in [5, 5.41) is 2.61. The smallest absolute Gasteiger partial charge is 0.471 e. The summed E-state index contributed by atoms with van der Waals surface area (Å²) in [6.45, 7) is 0.225. The van der Waals surface area contributed by atoms with Gasteiger partial charge in [-0.05, 0) is 37.0 Å². The Morgan fingerprint density at radius 1 is 1.38 bits per heavy atom. The average Bonchev–Trinajstić information content (AvgIpc) is 3.02. The van der Waals surface area contributed by atoms with Gasteiger partial charge in [0, 0.05) is 13.1 Å². The van der Waals surface area contributed by atoms with E-state index in [2.05, 4.69) is 5.32 Å². The minimum Gasteiger partial charge on any atom is -0.497 e. The molecule has 1 N–H and O–H groups in total. The second-order valence-corrected chi connectivity index (χ2v) is 5.55. The predicted molar refractivity (Wildman–Crippen MR) is 80.5 cm³/mol. The first-order valence-corrected chi connectivity index (χ1v) is 7.61. The second kappa shape index (κ2) is 7.55. The standard InChI is InChI=1S/C16H19F3N2O3/c1-24-12-5-2-4-11(10-12)7-8-20-14(22)13-6-3-9-21(13)15(23)16(17,18)19/h2,4-5,10,13H,3,6-9H2,1H3,(H,20,22). The van der Waals surface area contributed by atoms with E-state index in [1.807, 2.05) is 18.2 Å². The van der Waals surface area contributed by atoms with Gasteiger partial charge in [0.15, 0.2) is 0 Å². The fourth-order valence-corrected chi connectivity index (χ4v) is 2.72. The molecule has 24 heavy (non-hydrogen) atoms. The molecule has 0 saturated carbocycles. The van der Waals surface area contributed by atoms with E-state index in [0.29, 0.717) is 23.5 Å². The minimum atomic E-state index is -4.95. The van der Waals surface area contributed by atoms with Gasteiger partial charge in [-0.3, -0.25) is 9.59 Å². The number of carbonyl (C=O) groups excluding carboxylic acids is 2. The van der Waals surface area contributed by atoms with Crippen molar-refractivity contribution < 1.29 is 27.5 Å². The van der Waals surface area contributed by atoms with Crippen LogP contribution in [0.4, 0.5) is 13.2 Å². The first kappa shape index (κ1) is 18.1. The van der Waals surface area contributed by atoms with Crippen LogP contribution >= 0.6 is 0 Å². The highest BCUT2D eigenvalue weighted by Crippen LogP contribution is 2.25. The Kier molecular flexibility index (Phi) is 5.69. The van der Waals surface area contributed by atoms with Gasteiger partial charge in [0.25, 0.3) is 0 Å². The van der Waals surface area contributed by atoms with E-state index in [4.69, 9.17) is 4.74 Å². The van der Waals surface area contributed by atoms with Crippen molar-refractivity contribution in [2.75, 3.05) is 20.2 Å². The van der Waals surface area contributed by atoms with E-state index in [-0.39, 0.29) is 19.5 Å². The largest absolute Gasteiger partial charge is 0.497 e. The van der Waals surface area contributed by atoms with Crippen LogP contribution in [0.3, 0.4) is 0 Å². The number of nitrogens with one attached hydrogen (secondary N) is 1. The van der Waals surface area contributed by atoms with Gasteiger partial charge in [0.1, 0.15) is 11.8 Å².